The fourth-order valence-electron chi connectivity index (χ4n) is 2.70. The van der Waals surface area contributed by atoms with E-state index in [0.717, 1.165) is 12.3 Å². The summed E-state index contributed by atoms with van der Waals surface area (Å²) in [5, 5.41) is 3.57. The van der Waals surface area contributed by atoms with Gasteiger partial charge < -0.3 is 15.0 Å². The summed E-state index contributed by atoms with van der Waals surface area (Å²) < 4.78 is 5.20. The van der Waals surface area contributed by atoms with Crippen molar-refractivity contribution in [2.75, 3.05) is 25.6 Å². The number of piperidine rings is 1. The molecular formula is C15H24N2O. The average molecular weight is 248 g/mol. The van der Waals surface area contributed by atoms with Gasteiger partial charge in [0.1, 0.15) is 5.75 Å². The molecule has 1 fully saturated rings. The van der Waals surface area contributed by atoms with Crippen LogP contribution in [0.2, 0.25) is 0 Å². The number of hydrogen-bond donors (Lipinski definition) is 1. The predicted octanol–water partition coefficient (Wildman–Crippen LogP) is 2.66. The maximum atomic E-state index is 5.20. The van der Waals surface area contributed by atoms with Gasteiger partial charge in [-0.2, -0.15) is 0 Å². The Labute approximate surface area is 110 Å². The van der Waals surface area contributed by atoms with Crippen LogP contribution in [0.15, 0.2) is 24.3 Å². The summed E-state index contributed by atoms with van der Waals surface area (Å²) >= 11 is 0. The minimum Gasteiger partial charge on any atom is -0.497 e. The van der Waals surface area contributed by atoms with E-state index in [1.165, 1.54) is 18.5 Å². The van der Waals surface area contributed by atoms with Crippen LogP contribution >= 0.6 is 0 Å². The second kappa shape index (κ2) is 5.19. The van der Waals surface area contributed by atoms with Gasteiger partial charge in [0, 0.05) is 24.3 Å². The molecule has 0 aliphatic carbocycles. The third kappa shape index (κ3) is 2.96. The zero-order valence-electron chi connectivity index (χ0n) is 11.9. The first-order valence-corrected chi connectivity index (χ1v) is 6.64. The number of nitrogens with one attached hydrogen (secondary N) is 1. The van der Waals surface area contributed by atoms with Crippen molar-refractivity contribution in [3.8, 4) is 5.75 Å². The molecule has 1 N–H and O–H groups in total. The van der Waals surface area contributed by atoms with E-state index in [0.29, 0.717) is 6.04 Å². The van der Waals surface area contributed by atoms with Crippen molar-refractivity contribution in [3.05, 3.63) is 24.3 Å². The van der Waals surface area contributed by atoms with Crippen LogP contribution in [-0.4, -0.2) is 32.3 Å². The van der Waals surface area contributed by atoms with E-state index in [9.17, 15) is 0 Å². The van der Waals surface area contributed by atoms with Gasteiger partial charge in [-0.05, 0) is 57.5 Å². The number of nitrogens with zero attached hydrogens (tertiary/aromatic N) is 1. The van der Waals surface area contributed by atoms with Gasteiger partial charge in [-0.25, -0.2) is 0 Å². The summed E-state index contributed by atoms with van der Waals surface area (Å²) in [6.45, 7) is 5.65. The molecule has 1 aliphatic heterocycles. The summed E-state index contributed by atoms with van der Waals surface area (Å²) in [6.07, 6.45) is 2.38. The van der Waals surface area contributed by atoms with E-state index in [2.05, 4.69) is 43.2 Å². The molecule has 18 heavy (non-hydrogen) atoms. The van der Waals surface area contributed by atoms with Gasteiger partial charge in [0.15, 0.2) is 0 Å². The van der Waals surface area contributed by atoms with E-state index in [4.69, 9.17) is 4.74 Å². The first-order valence-electron chi connectivity index (χ1n) is 6.64. The predicted molar refractivity (Wildman–Crippen MR) is 76.5 cm³/mol. The van der Waals surface area contributed by atoms with Crippen LogP contribution < -0.4 is 15.0 Å². The Morgan fingerprint density at radius 2 is 1.94 bits per heavy atom. The van der Waals surface area contributed by atoms with Gasteiger partial charge >= 0.3 is 0 Å². The number of rotatable bonds is 3. The Morgan fingerprint density at radius 3 is 2.50 bits per heavy atom. The molecule has 3 nitrogen and oxygen atoms in total. The lowest BCUT2D eigenvalue weighted by atomic mass is 9.88. The topological polar surface area (TPSA) is 24.5 Å². The van der Waals surface area contributed by atoms with Gasteiger partial charge in [-0.1, -0.05) is 0 Å². The third-order valence-electron chi connectivity index (χ3n) is 3.85. The van der Waals surface area contributed by atoms with Gasteiger partial charge in [0.25, 0.3) is 0 Å². The lowest BCUT2D eigenvalue weighted by Gasteiger charge is -2.41. The van der Waals surface area contributed by atoms with Crippen LogP contribution in [0.4, 0.5) is 5.69 Å². The molecule has 1 atom stereocenters. The first-order chi connectivity index (χ1) is 8.52. The molecule has 0 radical (unpaired) electrons. The van der Waals surface area contributed by atoms with E-state index >= 15 is 0 Å². The van der Waals surface area contributed by atoms with Crippen molar-refractivity contribution in [2.24, 2.45) is 0 Å². The van der Waals surface area contributed by atoms with Gasteiger partial charge in [0.2, 0.25) is 0 Å². The first kappa shape index (κ1) is 13.2. The summed E-state index contributed by atoms with van der Waals surface area (Å²) in [6, 6.07) is 8.92. The highest BCUT2D eigenvalue weighted by molar-refractivity contribution is 5.49. The van der Waals surface area contributed by atoms with Crippen LogP contribution in [0.25, 0.3) is 0 Å². The van der Waals surface area contributed by atoms with Crippen molar-refractivity contribution in [1.29, 1.82) is 0 Å². The van der Waals surface area contributed by atoms with E-state index in [1.807, 2.05) is 12.1 Å². The van der Waals surface area contributed by atoms with Crippen molar-refractivity contribution >= 4 is 5.69 Å². The highest BCUT2D eigenvalue weighted by Crippen LogP contribution is 2.27. The minimum atomic E-state index is 0.240. The van der Waals surface area contributed by atoms with Crippen LogP contribution in [0.3, 0.4) is 0 Å². The lowest BCUT2D eigenvalue weighted by molar-refractivity contribution is 0.271. The number of anilines is 1. The molecule has 0 amide bonds. The standard InChI is InChI=1S/C15H24N2O/c1-15(2)11-13(9-10-16-15)17(3)12-5-7-14(18-4)8-6-12/h5-8,13,16H,9-11H2,1-4H3. The number of benzene rings is 1. The molecule has 2 rings (SSSR count). The Balaban J connectivity index is 2.07. The largest absolute Gasteiger partial charge is 0.497 e. The van der Waals surface area contributed by atoms with Crippen molar-refractivity contribution < 1.29 is 4.74 Å². The lowest BCUT2D eigenvalue weighted by Crippen LogP contribution is -2.52. The molecule has 1 unspecified atom stereocenters. The molecular weight excluding hydrogens is 224 g/mol. The number of hydrogen-bond acceptors (Lipinski definition) is 3. The molecule has 1 aromatic rings. The monoisotopic (exact) mass is 248 g/mol. The molecule has 0 aromatic heterocycles. The Morgan fingerprint density at radius 1 is 1.28 bits per heavy atom. The Hall–Kier alpha value is -1.22. The Bertz CT molecular complexity index is 386. The highest BCUT2D eigenvalue weighted by Gasteiger charge is 2.29. The van der Waals surface area contributed by atoms with Gasteiger partial charge in [0.05, 0.1) is 7.11 Å². The Kier molecular flexibility index (Phi) is 3.81. The molecule has 1 aromatic carbocycles. The fraction of sp³-hybridized carbons (Fsp3) is 0.600. The fourth-order valence-corrected chi connectivity index (χ4v) is 2.70. The zero-order chi connectivity index (χ0) is 13.2. The third-order valence-corrected chi connectivity index (χ3v) is 3.85. The number of ether oxygens (including phenoxy) is 1. The quantitative estimate of drug-likeness (QED) is 0.890. The summed E-state index contributed by atoms with van der Waals surface area (Å²) in [5.74, 6) is 0.915. The smallest absolute Gasteiger partial charge is 0.119 e. The second-order valence-corrected chi connectivity index (χ2v) is 5.77. The molecule has 1 saturated heterocycles. The van der Waals surface area contributed by atoms with Crippen LogP contribution in [0.5, 0.6) is 5.75 Å². The summed E-state index contributed by atoms with van der Waals surface area (Å²) in [5.41, 5.74) is 1.50. The average Bonchev–Trinajstić information content (AvgIpc) is 2.37. The molecule has 0 saturated carbocycles. The van der Waals surface area contributed by atoms with Crippen molar-refractivity contribution in [1.82, 2.24) is 5.32 Å². The van der Waals surface area contributed by atoms with Crippen LogP contribution in [-0.2, 0) is 0 Å². The molecule has 1 aliphatic rings. The van der Waals surface area contributed by atoms with E-state index < -0.39 is 0 Å². The summed E-state index contributed by atoms with van der Waals surface area (Å²) in [7, 11) is 3.89. The molecule has 0 spiro atoms. The SMILES string of the molecule is COc1ccc(N(C)C2CCNC(C)(C)C2)cc1. The molecule has 1 heterocycles. The number of methoxy groups -OCH3 is 1. The van der Waals surface area contributed by atoms with E-state index in [-0.39, 0.29) is 5.54 Å². The van der Waals surface area contributed by atoms with Gasteiger partial charge in [-0.15, -0.1) is 0 Å². The highest BCUT2D eigenvalue weighted by atomic mass is 16.5. The van der Waals surface area contributed by atoms with Crippen molar-refractivity contribution in [3.63, 3.8) is 0 Å². The zero-order valence-corrected chi connectivity index (χ0v) is 11.9. The minimum absolute atomic E-state index is 0.240. The summed E-state index contributed by atoms with van der Waals surface area (Å²) in [4.78, 5) is 2.39. The van der Waals surface area contributed by atoms with E-state index in [1.54, 1.807) is 7.11 Å². The molecule has 3 heteroatoms. The van der Waals surface area contributed by atoms with Crippen LogP contribution in [0, 0.1) is 0 Å². The van der Waals surface area contributed by atoms with Crippen LogP contribution in [0.1, 0.15) is 26.7 Å². The maximum absolute atomic E-state index is 5.20. The molecule has 0 bridgehead atoms. The normalized spacial score (nSPS) is 22.6. The second-order valence-electron chi connectivity index (χ2n) is 5.77. The molecule has 100 valence electrons. The van der Waals surface area contributed by atoms with Crippen molar-refractivity contribution in [2.45, 2.75) is 38.3 Å². The van der Waals surface area contributed by atoms with Gasteiger partial charge in [-0.3, -0.25) is 0 Å². The maximum Gasteiger partial charge on any atom is 0.119 e.